The van der Waals surface area contributed by atoms with E-state index >= 15 is 0 Å². The average molecular weight is 374 g/mol. The van der Waals surface area contributed by atoms with Crippen LogP contribution < -0.4 is 0 Å². The smallest absolute Gasteiger partial charge is 0.297 e. The molecule has 0 heterocycles. The van der Waals surface area contributed by atoms with Gasteiger partial charge in [-0.2, -0.15) is 8.42 Å². The molecular weight excluding hydrogens is 352 g/mol. The molecule has 2 aromatic rings. The molecule has 3 rings (SSSR count). The van der Waals surface area contributed by atoms with Gasteiger partial charge in [0.05, 0.1) is 4.90 Å². The van der Waals surface area contributed by atoms with Gasteiger partial charge >= 0.3 is 0 Å². The number of hydrogen-bond donors (Lipinski definition) is 1. The van der Waals surface area contributed by atoms with Crippen molar-refractivity contribution in [3.63, 3.8) is 0 Å². The molecular formula is C20H22O5S. The highest BCUT2D eigenvalue weighted by Gasteiger charge is 2.48. The molecule has 5 nitrogen and oxygen atoms in total. The first-order valence-electron chi connectivity index (χ1n) is 8.65. The largest absolute Gasteiger partial charge is 0.379 e. The van der Waals surface area contributed by atoms with Crippen LogP contribution in [0.2, 0.25) is 0 Å². The Morgan fingerprint density at radius 3 is 2.38 bits per heavy atom. The highest BCUT2D eigenvalue weighted by Crippen LogP contribution is 2.35. The summed E-state index contributed by atoms with van der Waals surface area (Å²) in [6.07, 6.45) is 0.711. The lowest BCUT2D eigenvalue weighted by molar-refractivity contribution is -0.0591. The third kappa shape index (κ3) is 3.72. The first-order valence-corrected chi connectivity index (χ1v) is 10.1. The number of hydrogen-bond acceptors (Lipinski definition) is 5. The van der Waals surface area contributed by atoms with Gasteiger partial charge in [-0.15, -0.1) is 0 Å². The van der Waals surface area contributed by atoms with Crippen LogP contribution in [0.3, 0.4) is 0 Å². The molecule has 1 saturated carbocycles. The second kappa shape index (κ2) is 7.31. The Labute approximate surface area is 153 Å². The number of ketones is 1. The fraction of sp³-hybridized carbons (Fsp3) is 0.350. The molecule has 0 aliphatic heterocycles. The van der Waals surface area contributed by atoms with Crippen molar-refractivity contribution in [3.05, 3.63) is 65.7 Å². The van der Waals surface area contributed by atoms with Crippen LogP contribution in [0.1, 0.15) is 41.6 Å². The quantitative estimate of drug-likeness (QED) is 0.642. The summed E-state index contributed by atoms with van der Waals surface area (Å²) in [5, 5.41) is 11.1. The number of carbonyl (C=O) groups excluding carboxylic acids is 1. The summed E-state index contributed by atoms with van der Waals surface area (Å²) in [6.45, 7) is 1.86. The predicted molar refractivity (Wildman–Crippen MR) is 97.4 cm³/mol. The summed E-state index contributed by atoms with van der Waals surface area (Å²) >= 11 is 0. The van der Waals surface area contributed by atoms with Crippen molar-refractivity contribution in [3.8, 4) is 0 Å². The molecule has 0 spiro atoms. The molecule has 138 valence electrons. The van der Waals surface area contributed by atoms with E-state index in [-0.39, 0.29) is 11.3 Å². The molecule has 1 aliphatic carbocycles. The van der Waals surface area contributed by atoms with Crippen LogP contribution in [0.25, 0.3) is 0 Å². The summed E-state index contributed by atoms with van der Waals surface area (Å²) in [5.74, 6) is -0.498. The van der Waals surface area contributed by atoms with Gasteiger partial charge in [0.15, 0.2) is 11.4 Å². The van der Waals surface area contributed by atoms with E-state index in [2.05, 4.69) is 0 Å². The van der Waals surface area contributed by atoms with Gasteiger partial charge in [0.25, 0.3) is 10.1 Å². The van der Waals surface area contributed by atoms with E-state index in [9.17, 15) is 18.3 Å². The predicted octanol–water partition coefficient (Wildman–Crippen LogP) is 3.26. The third-order valence-corrected chi connectivity index (χ3v) is 6.12. The lowest BCUT2D eigenvalue weighted by Crippen LogP contribution is -2.53. The van der Waals surface area contributed by atoms with Gasteiger partial charge in [0.1, 0.15) is 6.10 Å². The van der Waals surface area contributed by atoms with E-state index in [1.165, 1.54) is 12.1 Å². The molecule has 0 aromatic heterocycles. The van der Waals surface area contributed by atoms with Crippen molar-refractivity contribution in [1.29, 1.82) is 0 Å². The van der Waals surface area contributed by atoms with Crippen LogP contribution in [0.15, 0.2) is 59.5 Å². The third-order valence-electron chi connectivity index (χ3n) is 4.79. The van der Waals surface area contributed by atoms with Crippen molar-refractivity contribution in [1.82, 2.24) is 0 Å². The molecule has 0 saturated heterocycles. The van der Waals surface area contributed by atoms with Crippen molar-refractivity contribution >= 4 is 15.9 Å². The monoisotopic (exact) mass is 374 g/mol. The zero-order valence-corrected chi connectivity index (χ0v) is 15.4. The van der Waals surface area contributed by atoms with Crippen LogP contribution in [0.5, 0.6) is 0 Å². The van der Waals surface area contributed by atoms with Crippen molar-refractivity contribution in [2.75, 3.05) is 0 Å². The van der Waals surface area contributed by atoms with Gasteiger partial charge in [-0.25, -0.2) is 0 Å². The Morgan fingerprint density at radius 1 is 1.08 bits per heavy atom. The minimum Gasteiger partial charge on any atom is -0.379 e. The highest BCUT2D eigenvalue weighted by molar-refractivity contribution is 7.86. The number of Topliss-reactive ketones (excluding diaryl/α,β-unsaturated/α-hetero) is 1. The molecule has 1 N–H and O–H groups in total. The molecule has 2 aromatic carbocycles. The van der Waals surface area contributed by atoms with E-state index in [4.69, 9.17) is 4.18 Å². The van der Waals surface area contributed by atoms with Gasteiger partial charge in [-0.3, -0.25) is 8.98 Å². The molecule has 1 aliphatic rings. The lowest BCUT2D eigenvalue weighted by atomic mass is 9.77. The fourth-order valence-electron chi connectivity index (χ4n) is 3.26. The average Bonchev–Trinajstić information content (AvgIpc) is 2.64. The minimum absolute atomic E-state index is 0.0168. The van der Waals surface area contributed by atoms with Gasteiger partial charge in [0, 0.05) is 5.56 Å². The van der Waals surface area contributed by atoms with Crippen LogP contribution in [0, 0.1) is 6.92 Å². The van der Waals surface area contributed by atoms with E-state index in [1.54, 1.807) is 42.5 Å². The number of aliphatic hydroxyl groups is 1. The number of benzene rings is 2. The maximum absolute atomic E-state index is 12.9. The van der Waals surface area contributed by atoms with Crippen molar-refractivity contribution < 1.29 is 22.5 Å². The molecule has 1 fully saturated rings. The molecule has 2 unspecified atom stereocenters. The van der Waals surface area contributed by atoms with Gasteiger partial charge < -0.3 is 5.11 Å². The molecule has 0 amide bonds. The van der Waals surface area contributed by atoms with Crippen LogP contribution in [0.4, 0.5) is 0 Å². The van der Waals surface area contributed by atoms with Crippen molar-refractivity contribution in [2.24, 2.45) is 0 Å². The zero-order valence-electron chi connectivity index (χ0n) is 14.6. The highest BCUT2D eigenvalue weighted by atomic mass is 32.2. The number of carbonyl (C=O) groups is 1. The normalized spacial score (nSPS) is 23.5. The summed E-state index contributed by atoms with van der Waals surface area (Å²) in [7, 11) is -4.08. The topological polar surface area (TPSA) is 80.7 Å². The number of rotatable bonds is 5. The molecule has 2 atom stereocenters. The Balaban J connectivity index is 1.89. The first kappa shape index (κ1) is 18.8. The summed E-state index contributed by atoms with van der Waals surface area (Å²) < 4.78 is 30.6. The molecule has 6 heteroatoms. The van der Waals surface area contributed by atoms with E-state index < -0.39 is 27.6 Å². The van der Waals surface area contributed by atoms with Crippen LogP contribution >= 0.6 is 0 Å². The SMILES string of the molecule is Cc1ccc(S(=O)(=O)OC2CCCCC2(O)C(=O)c2ccccc2)cc1. The van der Waals surface area contributed by atoms with E-state index in [1.807, 2.05) is 6.92 Å². The van der Waals surface area contributed by atoms with E-state index in [0.29, 0.717) is 24.8 Å². The standard InChI is InChI=1S/C20H22O5S/c1-15-10-12-17(13-11-15)26(23,24)25-18-9-5-6-14-20(18,22)19(21)16-7-3-2-4-8-16/h2-4,7-8,10-13,18,22H,5-6,9,14H2,1H3. The Kier molecular flexibility index (Phi) is 5.27. The maximum atomic E-state index is 12.9. The second-order valence-corrected chi connectivity index (χ2v) is 8.29. The summed E-state index contributed by atoms with van der Waals surface area (Å²) in [4.78, 5) is 12.9. The maximum Gasteiger partial charge on any atom is 0.297 e. The molecule has 26 heavy (non-hydrogen) atoms. The van der Waals surface area contributed by atoms with Gasteiger partial charge in [0.2, 0.25) is 0 Å². The van der Waals surface area contributed by atoms with Gasteiger partial charge in [-0.05, 0) is 38.3 Å². The number of aryl methyl sites for hydroxylation is 1. The summed E-state index contributed by atoms with van der Waals surface area (Å²) in [5.41, 5.74) is -0.576. The fourth-order valence-corrected chi connectivity index (χ4v) is 4.41. The summed E-state index contributed by atoms with van der Waals surface area (Å²) in [6, 6.07) is 14.7. The van der Waals surface area contributed by atoms with Crippen molar-refractivity contribution in [2.45, 2.75) is 49.2 Å². The lowest BCUT2D eigenvalue weighted by Gasteiger charge is -2.37. The molecule has 0 bridgehead atoms. The Bertz CT molecular complexity index is 874. The van der Waals surface area contributed by atoms with Crippen LogP contribution in [-0.4, -0.2) is 31.0 Å². The van der Waals surface area contributed by atoms with E-state index in [0.717, 1.165) is 5.56 Å². The van der Waals surface area contributed by atoms with Gasteiger partial charge in [-0.1, -0.05) is 54.4 Å². The Hall–Kier alpha value is -2.02. The van der Waals surface area contributed by atoms with Crippen LogP contribution in [-0.2, 0) is 14.3 Å². The zero-order chi connectivity index (χ0) is 18.8. The minimum atomic E-state index is -4.08. The Morgan fingerprint density at radius 2 is 1.73 bits per heavy atom. The molecule has 0 radical (unpaired) electrons. The second-order valence-electron chi connectivity index (χ2n) is 6.72. The first-order chi connectivity index (χ1) is 12.3.